The van der Waals surface area contributed by atoms with E-state index in [-0.39, 0.29) is 30.6 Å². The van der Waals surface area contributed by atoms with E-state index >= 15 is 0 Å². The van der Waals surface area contributed by atoms with Gasteiger partial charge in [0.25, 0.3) is 0 Å². The second kappa shape index (κ2) is 8.65. The van der Waals surface area contributed by atoms with E-state index < -0.39 is 0 Å². The molecular weight excluding hydrogens is 350 g/mol. The normalized spacial score (nSPS) is 11.8. The lowest BCUT2D eigenvalue weighted by Crippen LogP contribution is -2.27. The second-order valence-electron chi connectivity index (χ2n) is 7.06. The molecule has 1 amide bonds. The minimum absolute atomic E-state index is 0.0183. The third kappa shape index (κ3) is 4.74. The maximum atomic E-state index is 12.3. The predicted molar refractivity (Wildman–Crippen MR) is 110 cm³/mol. The average Bonchev–Trinajstić information content (AvgIpc) is 3.19. The lowest BCUT2D eigenvalue weighted by atomic mass is 10.0. The largest absolute Gasteiger partial charge is 0.346 e. The van der Waals surface area contributed by atoms with Gasteiger partial charge in [0, 0.05) is 18.4 Å². The molecule has 0 aliphatic rings. The first-order valence-electron chi connectivity index (χ1n) is 9.44. The third-order valence-electron chi connectivity index (χ3n) is 4.88. The van der Waals surface area contributed by atoms with E-state index in [2.05, 4.69) is 15.3 Å². The summed E-state index contributed by atoms with van der Waals surface area (Å²) in [6, 6.07) is 15.3. The summed E-state index contributed by atoms with van der Waals surface area (Å²) in [6.07, 6.45) is 2.10. The van der Waals surface area contributed by atoms with Crippen LogP contribution in [-0.4, -0.2) is 21.7 Å². The van der Waals surface area contributed by atoms with Crippen molar-refractivity contribution in [2.24, 2.45) is 0 Å². The molecule has 1 heterocycles. The molecule has 1 aromatic heterocycles. The van der Waals surface area contributed by atoms with Crippen LogP contribution in [0.2, 0.25) is 0 Å². The van der Waals surface area contributed by atoms with E-state index in [9.17, 15) is 9.59 Å². The topological polar surface area (TPSA) is 74.8 Å². The summed E-state index contributed by atoms with van der Waals surface area (Å²) in [5.74, 6) is 0.505. The molecule has 0 radical (unpaired) electrons. The van der Waals surface area contributed by atoms with Crippen LogP contribution in [0.3, 0.4) is 0 Å². The van der Waals surface area contributed by atoms with Crippen molar-refractivity contribution < 1.29 is 9.59 Å². The van der Waals surface area contributed by atoms with Crippen LogP contribution < -0.4 is 5.32 Å². The number of benzene rings is 2. The van der Waals surface area contributed by atoms with Gasteiger partial charge in [0.2, 0.25) is 5.91 Å². The quantitative estimate of drug-likeness (QED) is 0.596. The Labute approximate surface area is 165 Å². The van der Waals surface area contributed by atoms with Crippen molar-refractivity contribution in [1.29, 1.82) is 0 Å². The Morgan fingerprint density at radius 1 is 1.04 bits per heavy atom. The van der Waals surface area contributed by atoms with Gasteiger partial charge in [-0.15, -0.1) is 0 Å². The fourth-order valence-electron chi connectivity index (χ4n) is 2.99. The number of Topliss-reactive ketones (excluding diaryl/α,β-unsaturated/α-hetero) is 1. The van der Waals surface area contributed by atoms with E-state index in [0.717, 1.165) is 22.4 Å². The number of aromatic amines is 1. The Bertz CT molecular complexity index is 977. The smallest absolute Gasteiger partial charge is 0.221 e. The molecule has 2 N–H and O–H groups in total. The van der Waals surface area contributed by atoms with Gasteiger partial charge in [-0.25, -0.2) is 4.98 Å². The average molecular weight is 375 g/mol. The zero-order chi connectivity index (χ0) is 20.1. The van der Waals surface area contributed by atoms with Gasteiger partial charge in [0.1, 0.15) is 5.82 Å². The fourth-order valence-corrected chi connectivity index (χ4v) is 2.99. The number of carbonyl (C=O) groups excluding carboxylic acids is 2. The first-order valence-corrected chi connectivity index (χ1v) is 9.44. The highest BCUT2D eigenvalue weighted by Gasteiger charge is 2.15. The van der Waals surface area contributed by atoms with Gasteiger partial charge in [-0.1, -0.05) is 42.5 Å². The lowest BCUT2D eigenvalue weighted by molar-refractivity contribution is -0.121. The first-order chi connectivity index (χ1) is 13.4. The Hall–Kier alpha value is -3.21. The number of nitrogens with zero attached hydrogens (tertiary/aromatic N) is 1. The second-order valence-corrected chi connectivity index (χ2v) is 7.06. The molecule has 0 saturated carbocycles. The molecule has 5 nitrogen and oxygen atoms in total. The number of amides is 1. The Balaban J connectivity index is 1.54. The summed E-state index contributed by atoms with van der Waals surface area (Å²) >= 11 is 0. The predicted octanol–water partition coefficient (Wildman–Crippen LogP) is 4.53. The van der Waals surface area contributed by atoms with Gasteiger partial charge in [-0.2, -0.15) is 0 Å². The summed E-state index contributed by atoms with van der Waals surface area (Å²) in [5, 5.41) is 2.90. The van der Waals surface area contributed by atoms with Gasteiger partial charge >= 0.3 is 0 Å². The number of aryl methyl sites for hydroxylation is 2. The molecule has 0 fully saturated rings. The standard InChI is InChI=1S/C23H25N3O2/c1-15-9-10-19(13-16(15)2)21(27)11-12-22(28)25-17(3)23-24-14-20(26-23)18-7-5-4-6-8-18/h4-10,13-14,17H,11-12H2,1-3H3,(H,24,26)(H,25,28). The van der Waals surface area contributed by atoms with E-state index in [4.69, 9.17) is 0 Å². The number of imidazole rings is 1. The molecule has 0 saturated heterocycles. The van der Waals surface area contributed by atoms with E-state index in [1.54, 1.807) is 6.20 Å². The molecule has 1 atom stereocenters. The Morgan fingerprint density at radius 3 is 2.50 bits per heavy atom. The van der Waals surface area contributed by atoms with Crippen LogP contribution in [0.25, 0.3) is 11.3 Å². The summed E-state index contributed by atoms with van der Waals surface area (Å²) < 4.78 is 0. The maximum Gasteiger partial charge on any atom is 0.221 e. The first kappa shape index (κ1) is 19.5. The van der Waals surface area contributed by atoms with Crippen LogP contribution in [0.15, 0.2) is 54.7 Å². The van der Waals surface area contributed by atoms with Gasteiger partial charge in [0.05, 0.1) is 17.9 Å². The molecule has 0 spiro atoms. The van der Waals surface area contributed by atoms with Crippen molar-refractivity contribution in [3.8, 4) is 11.3 Å². The van der Waals surface area contributed by atoms with Crippen molar-refractivity contribution in [2.45, 2.75) is 39.7 Å². The minimum Gasteiger partial charge on any atom is -0.346 e. The number of carbonyl (C=O) groups is 2. The third-order valence-corrected chi connectivity index (χ3v) is 4.88. The lowest BCUT2D eigenvalue weighted by Gasteiger charge is -2.11. The molecule has 0 aliphatic heterocycles. The molecule has 5 heteroatoms. The highest BCUT2D eigenvalue weighted by Crippen LogP contribution is 2.19. The van der Waals surface area contributed by atoms with Gasteiger partial charge in [-0.3, -0.25) is 9.59 Å². The molecule has 3 rings (SSSR count). The van der Waals surface area contributed by atoms with E-state index in [1.165, 1.54) is 0 Å². The van der Waals surface area contributed by atoms with Crippen LogP contribution in [0, 0.1) is 13.8 Å². The van der Waals surface area contributed by atoms with Crippen molar-refractivity contribution in [3.63, 3.8) is 0 Å². The van der Waals surface area contributed by atoms with Gasteiger partial charge in [0.15, 0.2) is 5.78 Å². The van der Waals surface area contributed by atoms with E-state index in [0.29, 0.717) is 11.4 Å². The van der Waals surface area contributed by atoms with Crippen LogP contribution in [0.4, 0.5) is 0 Å². The number of nitrogens with one attached hydrogen (secondary N) is 2. The van der Waals surface area contributed by atoms with Crippen LogP contribution in [0.1, 0.15) is 53.1 Å². The van der Waals surface area contributed by atoms with Crippen molar-refractivity contribution in [1.82, 2.24) is 15.3 Å². The highest BCUT2D eigenvalue weighted by atomic mass is 16.2. The van der Waals surface area contributed by atoms with Gasteiger partial charge < -0.3 is 10.3 Å². The van der Waals surface area contributed by atoms with Crippen molar-refractivity contribution in [2.75, 3.05) is 0 Å². The maximum absolute atomic E-state index is 12.3. The number of hydrogen-bond acceptors (Lipinski definition) is 3. The summed E-state index contributed by atoms with van der Waals surface area (Å²) in [6.45, 7) is 5.86. The zero-order valence-corrected chi connectivity index (χ0v) is 16.5. The van der Waals surface area contributed by atoms with Gasteiger partial charge in [-0.05, 0) is 43.5 Å². The van der Waals surface area contributed by atoms with Crippen LogP contribution in [0.5, 0.6) is 0 Å². The number of hydrogen-bond donors (Lipinski definition) is 2. The Morgan fingerprint density at radius 2 is 1.79 bits per heavy atom. The Kier molecular flexibility index (Phi) is 6.04. The summed E-state index contributed by atoms with van der Waals surface area (Å²) in [7, 11) is 0. The SMILES string of the molecule is Cc1ccc(C(=O)CCC(=O)NC(C)c2ncc(-c3ccccc3)[nH]2)cc1C. The monoisotopic (exact) mass is 375 g/mol. The molecule has 144 valence electrons. The minimum atomic E-state index is -0.262. The highest BCUT2D eigenvalue weighted by molar-refractivity contribution is 5.98. The fraction of sp³-hybridized carbons (Fsp3) is 0.261. The summed E-state index contributed by atoms with van der Waals surface area (Å²) in [4.78, 5) is 32.2. The zero-order valence-electron chi connectivity index (χ0n) is 16.5. The molecule has 28 heavy (non-hydrogen) atoms. The van der Waals surface area contributed by atoms with Crippen LogP contribution in [-0.2, 0) is 4.79 Å². The molecule has 3 aromatic rings. The molecule has 1 unspecified atom stereocenters. The molecule has 0 aliphatic carbocycles. The number of rotatable bonds is 7. The molecular formula is C23H25N3O2. The number of aromatic nitrogens is 2. The van der Waals surface area contributed by atoms with Crippen LogP contribution >= 0.6 is 0 Å². The number of ketones is 1. The summed E-state index contributed by atoms with van der Waals surface area (Å²) in [5.41, 5.74) is 4.83. The van der Waals surface area contributed by atoms with Crippen molar-refractivity contribution in [3.05, 3.63) is 77.2 Å². The van der Waals surface area contributed by atoms with Crippen molar-refractivity contribution >= 4 is 11.7 Å². The van der Waals surface area contributed by atoms with E-state index in [1.807, 2.05) is 69.3 Å². The molecule has 0 bridgehead atoms. The number of H-pyrrole nitrogens is 1. The molecule has 2 aromatic carbocycles.